The number of hydrogen-bond acceptors (Lipinski definition) is 2. The Hall–Kier alpha value is -2.01. The molecule has 20 heavy (non-hydrogen) atoms. The molecule has 0 radical (unpaired) electrons. The largest absolute Gasteiger partial charge is 0.480 e. The fourth-order valence-corrected chi connectivity index (χ4v) is 1.71. The van der Waals surface area contributed by atoms with Gasteiger partial charge in [-0.05, 0) is 24.1 Å². The fourth-order valence-electron chi connectivity index (χ4n) is 1.58. The third kappa shape index (κ3) is 4.93. The molecule has 0 fully saturated rings. The maximum atomic E-state index is 11.9. The summed E-state index contributed by atoms with van der Waals surface area (Å²) >= 11 is 5.78. The summed E-state index contributed by atoms with van der Waals surface area (Å²) in [6, 6.07) is 5.68. The van der Waals surface area contributed by atoms with Crippen molar-refractivity contribution in [1.82, 2.24) is 10.2 Å². The van der Waals surface area contributed by atoms with E-state index in [9.17, 15) is 9.59 Å². The minimum atomic E-state index is -1.09. The van der Waals surface area contributed by atoms with Crippen molar-refractivity contribution in [1.29, 1.82) is 0 Å². The summed E-state index contributed by atoms with van der Waals surface area (Å²) in [7, 11) is 1.59. The van der Waals surface area contributed by atoms with Gasteiger partial charge in [0.15, 0.2) is 0 Å². The highest BCUT2D eigenvalue weighted by Crippen LogP contribution is 2.11. The molecule has 0 aliphatic carbocycles. The molecule has 1 aromatic carbocycles. The topological polar surface area (TPSA) is 69.6 Å². The normalized spacial score (nSPS) is 11.5. The van der Waals surface area contributed by atoms with Gasteiger partial charge in [0.1, 0.15) is 6.04 Å². The lowest BCUT2D eigenvalue weighted by Gasteiger charge is -2.21. The van der Waals surface area contributed by atoms with Crippen molar-refractivity contribution in [2.75, 3.05) is 7.05 Å². The first-order valence-corrected chi connectivity index (χ1v) is 6.41. The van der Waals surface area contributed by atoms with Gasteiger partial charge < -0.3 is 15.3 Å². The van der Waals surface area contributed by atoms with Crippen LogP contribution in [0, 0.1) is 0 Å². The minimum Gasteiger partial charge on any atom is -0.480 e. The number of nitrogens with zero attached hydrogens (tertiary/aromatic N) is 1. The van der Waals surface area contributed by atoms with E-state index in [0.717, 1.165) is 5.56 Å². The summed E-state index contributed by atoms with van der Waals surface area (Å²) in [6.45, 7) is 3.83. The van der Waals surface area contributed by atoms with Crippen LogP contribution in [0.25, 0.3) is 0 Å². The molecule has 0 aromatic heterocycles. The minimum absolute atomic E-state index is 0.176. The maximum absolute atomic E-state index is 11.9. The van der Waals surface area contributed by atoms with Gasteiger partial charge in [0.25, 0.3) is 0 Å². The van der Waals surface area contributed by atoms with Gasteiger partial charge in [-0.3, -0.25) is 0 Å². The predicted octanol–water partition coefficient (Wildman–Crippen LogP) is 2.51. The summed E-state index contributed by atoms with van der Waals surface area (Å²) in [5.41, 5.74) is 0.905. The van der Waals surface area contributed by atoms with Crippen LogP contribution < -0.4 is 5.32 Å². The van der Waals surface area contributed by atoms with Crippen LogP contribution >= 0.6 is 11.6 Å². The number of benzene rings is 1. The molecule has 0 saturated carbocycles. The van der Waals surface area contributed by atoms with Crippen LogP contribution in [0.2, 0.25) is 5.02 Å². The van der Waals surface area contributed by atoms with Crippen LogP contribution in [0.15, 0.2) is 36.9 Å². The molecule has 1 rings (SSSR count). The molecule has 0 aliphatic heterocycles. The van der Waals surface area contributed by atoms with Crippen molar-refractivity contribution in [2.24, 2.45) is 0 Å². The SMILES string of the molecule is C=CCC(NC(=O)N(C)Cc1ccc(Cl)cc1)C(=O)O. The Morgan fingerprint density at radius 3 is 2.55 bits per heavy atom. The number of hydrogen-bond donors (Lipinski definition) is 2. The van der Waals surface area contributed by atoms with E-state index in [-0.39, 0.29) is 6.42 Å². The van der Waals surface area contributed by atoms with E-state index in [1.165, 1.54) is 11.0 Å². The number of urea groups is 1. The van der Waals surface area contributed by atoms with Crippen molar-refractivity contribution < 1.29 is 14.7 Å². The van der Waals surface area contributed by atoms with Crippen LogP contribution in [0.4, 0.5) is 4.79 Å². The van der Waals surface area contributed by atoms with Crippen molar-refractivity contribution in [2.45, 2.75) is 19.0 Å². The van der Waals surface area contributed by atoms with Crippen LogP contribution in [-0.2, 0) is 11.3 Å². The van der Waals surface area contributed by atoms with Crippen molar-refractivity contribution in [3.63, 3.8) is 0 Å². The molecule has 0 aliphatic rings. The molecule has 1 unspecified atom stereocenters. The summed E-state index contributed by atoms with van der Waals surface area (Å²) in [5.74, 6) is -1.09. The summed E-state index contributed by atoms with van der Waals surface area (Å²) in [4.78, 5) is 24.2. The number of halogens is 1. The number of carbonyl (C=O) groups is 2. The second-order valence-electron chi connectivity index (χ2n) is 4.35. The molecular weight excluding hydrogens is 280 g/mol. The smallest absolute Gasteiger partial charge is 0.326 e. The lowest BCUT2D eigenvalue weighted by atomic mass is 10.2. The van der Waals surface area contributed by atoms with E-state index in [4.69, 9.17) is 16.7 Å². The van der Waals surface area contributed by atoms with Crippen molar-refractivity contribution in [3.8, 4) is 0 Å². The molecule has 0 spiro atoms. The number of amides is 2. The average molecular weight is 297 g/mol. The average Bonchev–Trinajstić information content (AvgIpc) is 2.40. The molecule has 1 atom stereocenters. The van der Waals surface area contributed by atoms with Gasteiger partial charge >= 0.3 is 12.0 Å². The van der Waals surface area contributed by atoms with Gasteiger partial charge in [-0.15, -0.1) is 6.58 Å². The van der Waals surface area contributed by atoms with Gasteiger partial charge in [0.05, 0.1) is 0 Å². The van der Waals surface area contributed by atoms with Crippen LogP contribution in [-0.4, -0.2) is 35.1 Å². The third-order valence-corrected chi connectivity index (χ3v) is 2.93. The predicted molar refractivity (Wildman–Crippen MR) is 77.7 cm³/mol. The highest BCUT2D eigenvalue weighted by molar-refractivity contribution is 6.30. The van der Waals surface area contributed by atoms with Gasteiger partial charge in [0.2, 0.25) is 0 Å². The number of carbonyl (C=O) groups excluding carboxylic acids is 1. The highest BCUT2D eigenvalue weighted by atomic mass is 35.5. The molecule has 6 heteroatoms. The number of rotatable bonds is 6. The maximum Gasteiger partial charge on any atom is 0.326 e. The Morgan fingerprint density at radius 1 is 1.45 bits per heavy atom. The van der Waals surface area contributed by atoms with Crippen molar-refractivity contribution >= 4 is 23.6 Å². The summed E-state index contributed by atoms with van der Waals surface area (Å²) in [6.07, 6.45) is 1.63. The van der Waals surface area contributed by atoms with E-state index in [1.807, 2.05) is 12.1 Å². The zero-order chi connectivity index (χ0) is 15.1. The first kappa shape index (κ1) is 16.0. The van der Waals surface area contributed by atoms with Gasteiger partial charge in [-0.2, -0.15) is 0 Å². The highest BCUT2D eigenvalue weighted by Gasteiger charge is 2.20. The Bertz CT molecular complexity index is 488. The lowest BCUT2D eigenvalue weighted by Crippen LogP contribution is -2.46. The van der Waals surface area contributed by atoms with Crippen LogP contribution in [0.1, 0.15) is 12.0 Å². The first-order chi connectivity index (χ1) is 9.43. The Labute approximate surface area is 122 Å². The number of nitrogens with one attached hydrogen (secondary N) is 1. The van der Waals surface area contributed by atoms with E-state index in [0.29, 0.717) is 11.6 Å². The second kappa shape index (κ2) is 7.55. The quantitative estimate of drug-likeness (QED) is 0.793. The molecule has 108 valence electrons. The van der Waals surface area contributed by atoms with E-state index >= 15 is 0 Å². The van der Waals surface area contributed by atoms with Crippen LogP contribution in [0.3, 0.4) is 0 Å². The summed E-state index contributed by atoms with van der Waals surface area (Å²) < 4.78 is 0. The van der Waals surface area contributed by atoms with E-state index in [1.54, 1.807) is 19.2 Å². The van der Waals surface area contributed by atoms with E-state index in [2.05, 4.69) is 11.9 Å². The zero-order valence-electron chi connectivity index (χ0n) is 11.2. The Morgan fingerprint density at radius 2 is 2.05 bits per heavy atom. The molecule has 2 amide bonds. The number of carboxylic acids is 1. The molecule has 1 aromatic rings. The van der Waals surface area contributed by atoms with Gasteiger partial charge in [-0.1, -0.05) is 29.8 Å². The molecule has 0 heterocycles. The fraction of sp³-hybridized carbons (Fsp3) is 0.286. The molecular formula is C14H17ClN2O3. The van der Waals surface area contributed by atoms with E-state index < -0.39 is 18.0 Å². The third-order valence-electron chi connectivity index (χ3n) is 2.68. The van der Waals surface area contributed by atoms with Crippen LogP contribution in [0.5, 0.6) is 0 Å². The number of aliphatic carboxylic acids is 1. The van der Waals surface area contributed by atoms with Crippen molar-refractivity contribution in [3.05, 3.63) is 47.5 Å². The monoisotopic (exact) mass is 296 g/mol. The second-order valence-corrected chi connectivity index (χ2v) is 4.78. The molecule has 0 saturated heterocycles. The van der Waals surface area contributed by atoms with Gasteiger partial charge in [0, 0.05) is 18.6 Å². The van der Waals surface area contributed by atoms with Gasteiger partial charge in [-0.25, -0.2) is 9.59 Å². The molecule has 5 nitrogen and oxygen atoms in total. The number of carboxylic acid groups (broad SMARTS) is 1. The first-order valence-electron chi connectivity index (χ1n) is 6.03. The zero-order valence-corrected chi connectivity index (χ0v) is 11.9. The molecule has 2 N–H and O–H groups in total. The Kier molecular flexibility index (Phi) is 6.06. The standard InChI is InChI=1S/C14H17ClN2O3/c1-3-4-12(13(18)19)16-14(20)17(2)9-10-5-7-11(15)8-6-10/h3,5-8,12H,1,4,9H2,2H3,(H,16,20)(H,18,19). The molecule has 0 bridgehead atoms. The lowest BCUT2D eigenvalue weighted by molar-refractivity contribution is -0.139. The Balaban J connectivity index is 2.59. The summed E-state index contributed by atoms with van der Waals surface area (Å²) in [5, 5.41) is 12.0.